The number of hydrogen-bond acceptors (Lipinski definition) is 2. The van der Waals surface area contributed by atoms with E-state index in [2.05, 4.69) is 12.6 Å². The van der Waals surface area contributed by atoms with E-state index in [1.807, 2.05) is 20.8 Å². The minimum absolute atomic E-state index is 0.193. The van der Waals surface area contributed by atoms with Gasteiger partial charge >= 0.3 is 0 Å². The topological polar surface area (TPSA) is 20.2 Å². The van der Waals surface area contributed by atoms with Crippen LogP contribution in [-0.2, 0) is 0 Å². The second-order valence-corrected chi connectivity index (χ2v) is 3.43. The molecule has 0 amide bonds. The standard InChI is InChI=1S/C9H11BOS/c1-4-5(2)7(10)9(12)8(11)6(4)3/h11-12H,1-3H3. The van der Waals surface area contributed by atoms with Crippen molar-refractivity contribution in [1.82, 2.24) is 0 Å². The molecular formula is C9H11BOS. The van der Waals surface area contributed by atoms with Crippen LogP contribution in [0.2, 0.25) is 0 Å². The van der Waals surface area contributed by atoms with Crippen molar-refractivity contribution in [1.29, 1.82) is 0 Å². The third-order valence-corrected chi connectivity index (χ3v) is 2.82. The molecule has 0 heterocycles. The van der Waals surface area contributed by atoms with Gasteiger partial charge in [0.1, 0.15) is 13.6 Å². The highest BCUT2D eigenvalue weighted by molar-refractivity contribution is 7.80. The predicted molar refractivity (Wildman–Crippen MR) is 55.0 cm³/mol. The molecule has 0 aliphatic heterocycles. The van der Waals surface area contributed by atoms with E-state index in [1.54, 1.807) is 0 Å². The number of rotatable bonds is 0. The van der Waals surface area contributed by atoms with Crippen molar-refractivity contribution in [3.05, 3.63) is 16.7 Å². The van der Waals surface area contributed by atoms with E-state index in [-0.39, 0.29) is 5.75 Å². The molecule has 1 rings (SSSR count). The minimum Gasteiger partial charge on any atom is -0.507 e. The van der Waals surface area contributed by atoms with Crippen molar-refractivity contribution in [2.45, 2.75) is 25.7 Å². The van der Waals surface area contributed by atoms with E-state index in [1.165, 1.54) is 0 Å². The molecule has 0 atom stereocenters. The summed E-state index contributed by atoms with van der Waals surface area (Å²) in [6, 6.07) is 0. The smallest absolute Gasteiger partial charge is 0.131 e. The van der Waals surface area contributed by atoms with Gasteiger partial charge < -0.3 is 5.11 Å². The summed E-state index contributed by atoms with van der Waals surface area (Å²) in [7, 11) is 5.72. The molecule has 0 aliphatic rings. The molecule has 0 saturated carbocycles. The fourth-order valence-electron chi connectivity index (χ4n) is 1.14. The highest BCUT2D eigenvalue weighted by Crippen LogP contribution is 2.27. The SMILES string of the molecule is [B]c1c(C)c(C)c(C)c(O)c1S. The third-order valence-electron chi connectivity index (χ3n) is 2.36. The second-order valence-electron chi connectivity index (χ2n) is 2.99. The van der Waals surface area contributed by atoms with E-state index < -0.39 is 0 Å². The molecule has 3 heteroatoms. The Kier molecular flexibility index (Phi) is 2.42. The molecule has 62 valence electrons. The predicted octanol–water partition coefficient (Wildman–Crippen LogP) is 1.40. The fraction of sp³-hybridized carbons (Fsp3) is 0.333. The fourth-order valence-corrected chi connectivity index (χ4v) is 1.48. The number of phenolic OH excluding ortho intramolecular Hbond substituents is 1. The molecule has 12 heavy (non-hydrogen) atoms. The molecule has 0 unspecified atom stereocenters. The van der Waals surface area contributed by atoms with Gasteiger partial charge in [-0.1, -0.05) is 11.0 Å². The largest absolute Gasteiger partial charge is 0.507 e. The Morgan fingerprint density at radius 1 is 1.08 bits per heavy atom. The summed E-state index contributed by atoms with van der Waals surface area (Å²) in [5.41, 5.74) is 3.45. The van der Waals surface area contributed by atoms with Crippen molar-refractivity contribution in [3.8, 4) is 5.75 Å². The van der Waals surface area contributed by atoms with Gasteiger partial charge in [0.25, 0.3) is 0 Å². The maximum absolute atomic E-state index is 9.54. The molecule has 0 fully saturated rings. The number of aromatic hydroxyl groups is 1. The third kappa shape index (κ3) is 1.22. The average Bonchev–Trinajstić information content (AvgIpc) is 2.08. The van der Waals surface area contributed by atoms with Gasteiger partial charge in [0.2, 0.25) is 0 Å². The molecule has 2 radical (unpaired) electrons. The lowest BCUT2D eigenvalue weighted by atomic mass is 9.86. The Labute approximate surface area is 79.6 Å². The molecule has 1 aromatic rings. The monoisotopic (exact) mass is 178 g/mol. The number of hydrogen-bond donors (Lipinski definition) is 2. The number of thiol groups is 1. The molecular weight excluding hydrogens is 167 g/mol. The zero-order valence-corrected chi connectivity index (χ0v) is 8.37. The summed E-state index contributed by atoms with van der Waals surface area (Å²) in [6.07, 6.45) is 0. The first-order chi connectivity index (χ1) is 5.46. The lowest BCUT2D eigenvalue weighted by Crippen LogP contribution is -2.12. The van der Waals surface area contributed by atoms with Crippen LogP contribution < -0.4 is 5.46 Å². The quantitative estimate of drug-likeness (QED) is 0.454. The van der Waals surface area contributed by atoms with Crippen LogP contribution in [0.15, 0.2) is 4.90 Å². The van der Waals surface area contributed by atoms with Gasteiger partial charge in [-0.2, -0.15) is 0 Å². The first-order valence-electron chi connectivity index (χ1n) is 3.74. The Bertz CT molecular complexity index is 229. The summed E-state index contributed by atoms with van der Waals surface area (Å²) < 4.78 is 0. The Balaban J connectivity index is 3.60. The van der Waals surface area contributed by atoms with Gasteiger partial charge in [0, 0.05) is 4.90 Å². The molecule has 1 aromatic carbocycles. The zero-order chi connectivity index (χ0) is 9.46. The van der Waals surface area contributed by atoms with Crippen molar-refractivity contribution in [2.75, 3.05) is 0 Å². The van der Waals surface area contributed by atoms with Crippen molar-refractivity contribution < 1.29 is 5.11 Å². The van der Waals surface area contributed by atoms with Gasteiger partial charge in [0.15, 0.2) is 0 Å². The van der Waals surface area contributed by atoms with Gasteiger partial charge in [-0.15, -0.1) is 12.6 Å². The summed E-state index contributed by atoms with van der Waals surface area (Å²) in [4.78, 5) is 0.482. The van der Waals surface area contributed by atoms with Crippen LogP contribution in [0.4, 0.5) is 0 Å². The van der Waals surface area contributed by atoms with Gasteiger partial charge in [0.05, 0.1) is 0 Å². The van der Waals surface area contributed by atoms with E-state index in [4.69, 9.17) is 7.85 Å². The average molecular weight is 178 g/mol. The van der Waals surface area contributed by atoms with E-state index in [0.29, 0.717) is 10.4 Å². The Hall–Kier alpha value is -0.565. The molecule has 0 spiro atoms. The first-order valence-corrected chi connectivity index (χ1v) is 4.18. The minimum atomic E-state index is 0.193. The molecule has 1 N–H and O–H groups in total. The summed E-state index contributed by atoms with van der Waals surface area (Å²) in [6.45, 7) is 5.72. The lowest BCUT2D eigenvalue weighted by Gasteiger charge is -2.13. The second kappa shape index (κ2) is 3.06. The van der Waals surface area contributed by atoms with Crippen LogP contribution in [0, 0.1) is 20.8 Å². The maximum atomic E-state index is 9.54. The van der Waals surface area contributed by atoms with Crippen LogP contribution in [0.3, 0.4) is 0 Å². The Morgan fingerprint density at radius 3 is 2.08 bits per heavy atom. The van der Waals surface area contributed by atoms with Gasteiger partial charge in [-0.3, -0.25) is 0 Å². The number of benzene rings is 1. The van der Waals surface area contributed by atoms with E-state index in [0.717, 1.165) is 16.7 Å². The van der Waals surface area contributed by atoms with Gasteiger partial charge in [-0.25, -0.2) is 0 Å². The molecule has 0 aromatic heterocycles. The molecule has 0 saturated heterocycles. The van der Waals surface area contributed by atoms with Crippen LogP contribution in [0.1, 0.15) is 16.7 Å². The van der Waals surface area contributed by atoms with E-state index in [9.17, 15) is 5.11 Å². The van der Waals surface area contributed by atoms with Crippen LogP contribution in [0.5, 0.6) is 5.75 Å². The normalized spacial score (nSPS) is 10.3. The summed E-state index contributed by atoms with van der Waals surface area (Å²) >= 11 is 4.12. The highest BCUT2D eigenvalue weighted by atomic mass is 32.1. The van der Waals surface area contributed by atoms with E-state index >= 15 is 0 Å². The Morgan fingerprint density at radius 2 is 1.58 bits per heavy atom. The van der Waals surface area contributed by atoms with Crippen LogP contribution in [-0.4, -0.2) is 13.0 Å². The summed E-state index contributed by atoms with van der Waals surface area (Å²) in [5.74, 6) is 0.193. The molecule has 0 aliphatic carbocycles. The van der Waals surface area contributed by atoms with Crippen molar-refractivity contribution >= 4 is 25.9 Å². The van der Waals surface area contributed by atoms with Crippen LogP contribution >= 0.6 is 12.6 Å². The first kappa shape index (κ1) is 9.52. The molecule has 1 nitrogen and oxygen atoms in total. The zero-order valence-electron chi connectivity index (χ0n) is 7.47. The lowest BCUT2D eigenvalue weighted by molar-refractivity contribution is 0.458. The van der Waals surface area contributed by atoms with Gasteiger partial charge in [-0.05, 0) is 31.9 Å². The summed E-state index contributed by atoms with van der Waals surface area (Å²) in [5, 5.41) is 9.54. The van der Waals surface area contributed by atoms with Crippen molar-refractivity contribution in [2.24, 2.45) is 0 Å². The van der Waals surface area contributed by atoms with Crippen molar-refractivity contribution in [3.63, 3.8) is 0 Å². The van der Waals surface area contributed by atoms with Crippen LogP contribution in [0.25, 0.3) is 0 Å². The molecule has 0 bridgehead atoms. The number of phenols is 1. The highest BCUT2D eigenvalue weighted by Gasteiger charge is 2.10. The maximum Gasteiger partial charge on any atom is 0.131 e.